The molecule has 0 aliphatic heterocycles. The second-order valence-corrected chi connectivity index (χ2v) is 11.9. The number of rotatable bonds is 21. The molecule has 2 unspecified atom stereocenters. The molecule has 0 aromatic heterocycles. The zero-order valence-electron chi connectivity index (χ0n) is 19.9. The summed E-state index contributed by atoms with van der Waals surface area (Å²) in [5, 5.41) is 0. The van der Waals surface area contributed by atoms with E-state index < -0.39 is 7.82 Å². The van der Waals surface area contributed by atoms with E-state index in [0.717, 1.165) is 17.3 Å². The van der Waals surface area contributed by atoms with Gasteiger partial charge in [0.05, 0.1) is 33.7 Å². The molecule has 31 heavy (non-hydrogen) atoms. The number of phosphoric acid groups is 1. The van der Waals surface area contributed by atoms with Crippen molar-refractivity contribution in [2.24, 2.45) is 5.92 Å². The predicted octanol–water partition coefficient (Wildman–Crippen LogP) is 4.79. The van der Waals surface area contributed by atoms with E-state index in [9.17, 15) is 14.3 Å². The quantitative estimate of drug-likeness (QED) is 0.0768. The van der Waals surface area contributed by atoms with Gasteiger partial charge in [-0.1, -0.05) is 45.4 Å². The van der Waals surface area contributed by atoms with Gasteiger partial charge in [0, 0.05) is 5.75 Å². The normalized spacial score (nSPS) is 14.9. The molecule has 0 radical (unpaired) electrons. The van der Waals surface area contributed by atoms with Crippen LogP contribution in [0.3, 0.4) is 0 Å². The fourth-order valence-corrected chi connectivity index (χ4v) is 4.59. The van der Waals surface area contributed by atoms with Crippen LogP contribution in [0.25, 0.3) is 0 Å². The smallest absolute Gasteiger partial charge is 0.463 e. The average Bonchev–Trinajstić information content (AvgIpc) is 2.67. The molecule has 0 bridgehead atoms. The Morgan fingerprint density at radius 2 is 1.52 bits per heavy atom. The average molecular weight is 503 g/mol. The van der Waals surface area contributed by atoms with Crippen molar-refractivity contribution in [2.75, 3.05) is 64.8 Å². The third kappa shape index (κ3) is 21.8. The highest BCUT2D eigenvalue weighted by atomic mass is 32.2. The number of carbonyl (C=O) groups is 1. The number of ether oxygens (including phenoxy) is 1. The van der Waals surface area contributed by atoms with Crippen LogP contribution in [-0.2, 0) is 23.1 Å². The van der Waals surface area contributed by atoms with Crippen molar-refractivity contribution in [3.8, 4) is 0 Å². The van der Waals surface area contributed by atoms with Gasteiger partial charge in [0.25, 0.3) is 0 Å². The number of carbonyl (C=O) groups excluding carboxylic acids is 1. The first kappa shape index (κ1) is 31.2. The predicted molar refractivity (Wildman–Crippen MR) is 133 cm³/mol. The van der Waals surface area contributed by atoms with Crippen LogP contribution in [0.4, 0.5) is 0 Å². The van der Waals surface area contributed by atoms with Crippen molar-refractivity contribution in [1.29, 1.82) is 0 Å². The van der Waals surface area contributed by atoms with Gasteiger partial charge in [0.1, 0.15) is 19.8 Å². The number of quaternary nitrogens is 1. The zero-order valence-corrected chi connectivity index (χ0v) is 22.5. The Hall–Kier alpha value is 0.240. The third-order valence-corrected chi connectivity index (χ3v) is 7.21. The van der Waals surface area contributed by atoms with Crippen molar-refractivity contribution in [2.45, 2.75) is 58.3 Å². The lowest BCUT2D eigenvalue weighted by molar-refractivity contribution is -0.870. The molecule has 186 valence electrons. The van der Waals surface area contributed by atoms with Gasteiger partial charge in [-0.05, 0) is 24.3 Å². The Bertz CT molecular complexity index is 505. The summed E-state index contributed by atoms with van der Waals surface area (Å²) in [6, 6.07) is 0. The maximum Gasteiger partial charge on any atom is 0.472 e. The molecule has 0 fully saturated rings. The molecule has 0 amide bonds. The number of thiol groups is 1. The standard InChI is InChI=1S/C21H44NO6PS2/c1-20(19-31-18-12-10-8-6-5-7-9-11-17-30)21(23)26-15-16-28-29(24,25)27-14-13-22(2,3)4/h20H,5-19H2,1-4H3,(H-,24,25,30)/p+1. The van der Waals surface area contributed by atoms with Crippen LogP contribution in [0.2, 0.25) is 0 Å². The van der Waals surface area contributed by atoms with Gasteiger partial charge in [0.15, 0.2) is 0 Å². The highest BCUT2D eigenvalue weighted by Crippen LogP contribution is 2.42. The first-order valence-electron chi connectivity index (χ1n) is 11.3. The summed E-state index contributed by atoms with van der Waals surface area (Å²) >= 11 is 6.00. The summed E-state index contributed by atoms with van der Waals surface area (Å²) in [4.78, 5) is 21.6. The Balaban J connectivity index is 3.64. The van der Waals surface area contributed by atoms with Gasteiger partial charge in [-0.3, -0.25) is 13.8 Å². The molecule has 10 heteroatoms. The van der Waals surface area contributed by atoms with Crippen LogP contribution in [0, 0.1) is 5.92 Å². The molecule has 0 heterocycles. The Morgan fingerprint density at radius 1 is 0.968 bits per heavy atom. The van der Waals surface area contributed by atoms with E-state index in [0.29, 0.717) is 11.0 Å². The Morgan fingerprint density at radius 3 is 2.10 bits per heavy atom. The van der Waals surface area contributed by atoms with Gasteiger partial charge in [-0.15, -0.1) is 0 Å². The van der Waals surface area contributed by atoms with Crippen LogP contribution < -0.4 is 0 Å². The van der Waals surface area contributed by atoms with Gasteiger partial charge >= 0.3 is 13.8 Å². The molecule has 0 aromatic rings. The topological polar surface area (TPSA) is 82.1 Å². The summed E-state index contributed by atoms with van der Waals surface area (Å²) < 4.78 is 27.3. The van der Waals surface area contributed by atoms with Crippen LogP contribution >= 0.6 is 32.2 Å². The lowest BCUT2D eigenvalue weighted by Crippen LogP contribution is -2.37. The summed E-state index contributed by atoms with van der Waals surface area (Å²) in [5.74, 6) is 2.25. The zero-order chi connectivity index (χ0) is 23.6. The number of hydrogen-bond acceptors (Lipinski definition) is 7. The van der Waals surface area contributed by atoms with E-state index in [1.54, 1.807) is 11.8 Å². The first-order valence-corrected chi connectivity index (χ1v) is 14.6. The van der Waals surface area contributed by atoms with Crippen molar-refractivity contribution in [3.05, 3.63) is 0 Å². The summed E-state index contributed by atoms with van der Waals surface area (Å²) in [5.41, 5.74) is 0. The lowest BCUT2D eigenvalue weighted by atomic mass is 10.1. The summed E-state index contributed by atoms with van der Waals surface area (Å²) in [6.45, 7) is 2.30. The largest absolute Gasteiger partial charge is 0.472 e. The molecule has 0 aliphatic rings. The van der Waals surface area contributed by atoms with Gasteiger partial charge < -0.3 is 14.1 Å². The van der Waals surface area contributed by atoms with E-state index in [1.165, 1.54) is 51.4 Å². The lowest BCUT2D eigenvalue weighted by Gasteiger charge is -2.24. The molecular weight excluding hydrogens is 457 g/mol. The minimum absolute atomic E-state index is 0.0644. The van der Waals surface area contributed by atoms with Crippen molar-refractivity contribution in [1.82, 2.24) is 0 Å². The molecule has 7 nitrogen and oxygen atoms in total. The van der Waals surface area contributed by atoms with Crippen LogP contribution in [0.15, 0.2) is 0 Å². The second-order valence-electron chi connectivity index (χ2n) is 8.84. The van der Waals surface area contributed by atoms with E-state index in [4.69, 9.17) is 13.8 Å². The summed E-state index contributed by atoms with van der Waals surface area (Å²) in [7, 11) is 1.76. The van der Waals surface area contributed by atoms with E-state index in [2.05, 4.69) is 12.6 Å². The van der Waals surface area contributed by atoms with E-state index in [1.807, 2.05) is 28.1 Å². The number of nitrogens with zero attached hydrogens (tertiary/aromatic N) is 1. The number of thioether (sulfide) groups is 1. The van der Waals surface area contributed by atoms with Crippen molar-refractivity contribution >= 4 is 38.2 Å². The maximum atomic E-state index is 12.0. The van der Waals surface area contributed by atoms with E-state index in [-0.39, 0.29) is 31.7 Å². The fourth-order valence-electron chi connectivity index (χ4n) is 2.61. The molecule has 0 saturated carbocycles. The molecule has 1 N–H and O–H groups in total. The van der Waals surface area contributed by atoms with Crippen molar-refractivity contribution in [3.63, 3.8) is 0 Å². The Kier molecular flexibility index (Phi) is 18.8. The van der Waals surface area contributed by atoms with Gasteiger partial charge in [-0.25, -0.2) is 4.57 Å². The minimum Gasteiger partial charge on any atom is -0.463 e. The molecular formula is C21H45NO6PS2+. The number of hydrogen-bond donors (Lipinski definition) is 2. The highest BCUT2D eigenvalue weighted by molar-refractivity contribution is 7.99. The van der Waals surface area contributed by atoms with Gasteiger partial charge in [0.2, 0.25) is 0 Å². The molecule has 0 aromatic carbocycles. The number of phosphoric ester groups is 1. The fraction of sp³-hybridized carbons (Fsp3) is 0.952. The molecule has 0 spiro atoms. The SMILES string of the molecule is CC(CSCCCCCCCCCCS)C(=O)OCCOP(=O)(O)OCC[N+](C)(C)C. The minimum atomic E-state index is -4.11. The van der Waals surface area contributed by atoms with Crippen molar-refractivity contribution < 1.29 is 32.5 Å². The monoisotopic (exact) mass is 502 g/mol. The molecule has 0 saturated heterocycles. The first-order chi connectivity index (χ1) is 14.6. The highest BCUT2D eigenvalue weighted by Gasteiger charge is 2.23. The number of esters is 1. The Labute approximate surface area is 199 Å². The van der Waals surface area contributed by atoms with Gasteiger partial charge in [-0.2, -0.15) is 24.4 Å². The van der Waals surface area contributed by atoms with Crippen LogP contribution in [-0.4, -0.2) is 80.1 Å². The molecule has 0 aliphatic carbocycles. The second kappa shape index (κ2) is 18.6. The number of likely N-dealkylation sites (N-methyl/N-ethyl adjacent to an activating group) is 1. The molecule has 2 atom stereocenters. The van der Waals surface area contributed by atoms with Crippen LogP contribution in [0.1, 0.15) is 58.3 Å². The van der Waals surface area contributed by atoms with Crippen LogP contribution in [0.5, 0.6) is 0 Å². The third-order valence-electron chi connectivity index (χ3n) is 4.57. The number of unbranched alkanes of at least 4 members (excludes halogenated alkanes) is 7. The maximum absolute atomic E-state index is 12.0. The molecule has 0 rings (SSSR count). The summed E-state index contributed by atoms with van der Waals surface area (Å²) in [6.07, 6.45) is 10.2. The van der Waals surface area contributed by atoms with E-state index >= 15 is 0 Å².